The number of halogens is 1. The van der Waals surface area contributed by atoms with Gasteiger partial charge in [0.1, 0.15) is 0 Å². The molecule has 2 aromatic rings. The molecule has 0 radical (unpaired) electrons. The minimum atomic E-state index is 0.151. The number of hydrogen-bond acceptors (Lipinski definition) is 3. The van der Waals surface area contributed by atoms with Crippen LogP contribution in [0.1, 0.15) is 20.3 Å². The minimum Gasteiger partial charge on any atom is -0.340 e. The highest BCUT2D eigenvalue weighted by atomic mass is 35.5. The Labute approximate surface area is 148 Å². The maximum Gasteiger partial charge on any atom is 0.0567 e. The lowest BCUT2D eigenvalue weighted by Gasteiger charge is -2.38. The summed E-state index contributed by atoms with van der Waals surface area (Å²) < 4.78 is 0. The number of rotatable bonds is 4. The third-order valence-corrected chi connectivity index (χ3v) is 6.11. The Hall–Kier alpha value is -1.16. The molecule has 1 aliphatic heterocycles. The predicted octanol–water partition coefficient (Wildman–Crippen LogP) is 5.67. The Morgan fingerprint density at radius 1 is 1.04 bits per heavy atom. The molecule has 0 bridgehead atoms. The van der Waals surface area contributed by atoms with Gasteiger partial charge in [-0.3, -0.25) is 0 Å². The molecule has 3 rings (SSSR count). The zero-order chi connectivity index (χ0) is 16.6. The van der Waals surface area contributed by atoms with E-state index in [0.717, 1.165) is 18.0 Å². The van der Waals surface area contributed by atoms with Crippen LogP contribution in [0.15, 0.2) is 52.3 Å². The van der Waals surface area contributed by atoms with E-state index >= 15 is 0 Å². The lowest BCUT2D eigenvalue weighted by atomic mass is 9.98. The Morgan fingerprint density at radius 3 is 2.48 bits per heavy atom. The highest BCUT2D eigenvalue weighted by Gasteiger charge is 2.27. The molecule has 0 N–H and O–H groups in total. The molecule has 4 heteroatoms. The Bertz CT molecular complexity index is 712. The molecule has 0 fully saturated rings. The van der Waals surface area contributed by atoms with E-state index in [1.807, 2.05) is 17.8 Å². The van der Waals surface area contributed by atoms with Crippen LogP contribution in [0.5, 0.6) is 0 Å². The van der Waals surface area contributed by atoms with Crippen LogP contribution in [0.4, 0.5) is 11.4 Å². The van der Waals surface area contributed by atoms with E-state index in [-0.39, 0.29) is 5.54 Å². The monoisotopic (exact) mass is 346 g/mol. The van der Waals surface area contributed by atoms with Crippen LogP contribution < -0.4 is 4.90 Å². The summed E-state index contributed by atoms with van der Waals surface area (Å²) in [5.74, 6) is 0. The Morgan fingerprint density at radius 2 is 1.74 bits per heavy atom. The number of para-hydroxylation sites is 1. The molecule has 1 aliphatic rings. The second kappa shape index (κ2) is 6.39. The molecule has 0 unspecified atom stereocenters. The van der Waals surface area contributed by atoms with Gasteiger partial charge in [-0.15, -0.1) is 0 Å². The van der Waals surface area contributed by atoms with Crippen molar-refractivity contribution < 1.29 is 0 Å². The van der Waals surface area contributed by atoms with Gasteiger partial charge in [-0.2, -0.15) is 0 Å². The third-order valence-electron chi connectivity index (χ3n) is 4.75. The molecule has 0 saturated heterocycles. The molecule has 0 atom stereocenters. The van der Waals surface area contributed by atoms with Crippen molar-refractivity contribution >= 4 is 34.7 Å². The van der Waals surface area contributed by atoms with Crippen LogP contribution in [0, 0.1) is 0 Å². The number of fused-ring (bicyclic) bond motifs is 2. The number of nitrogens with zero attached hydrogens (tertiary/aromatic N) is 2. The van der Waals surface area contributed by atoms with Crippen molar-refractivity contribution in [2.75, 3.05) is 25.5 Å². The highest BCUT2D eigenvalue weighted by molar-refractivity contribution is 7.99. The van der Waals surface area contributed by atoms with Crippen molar-refractivity contribution in [2.24, 2.45) is 0 Å². The van der Waals surface area contributed by atoms with E-state index < -0.39 is 0 Å². The predicted molar refractivity (Wildman–Crippen MR) is 101 cm³/mol. The van der Waals surface area contributed by atoms with Crippen molar-refractivity contribution in [3.8, 4) is 0 Å². The van der Waals surface area contributed by atoms with Gasteiger partial charge >= 0.3 is 0 Å². The molecule has 2 aromatic carbocycles. The van der Waals surface area contributed by atoms with Crippen LogP contribution in [0.2, 0.25) is 5.02 Å². The molecular formula is C19H23ClN2S. The summed E-state index contributed by atoms with van der Waals surface area (Å²) in [6, 6.07) is 14.8. The maximum atomic E-state index is 6.27. The smallest absolute Gasteiger partial charge is 0.0567 e. The van der Waals surface area contributed by atoms with Crippen molar-refractivity contribution in [3.63, 3.8) is 0 Å². The quantitative estimate of drug-likeness (QED) is 0.703. The Kier molecular flexibility index (Phi) is 4.63. The number of benzene rings is 2. The average Bonchev–Trinajstić information content (AvgIpc) is 2.51. The summed E-state index contributed by atoms with van der Waals surface area (Å²) in [7, 11) is 4.29. The van der Waals surface area contributed by atoms with Crippen LogP contribution in [-0.4, -0.2) is 31.1 Å². The first-order chi connectivity index (χ1) is 10.9. The van der Waals surface area contributed by atoms with Gasteiger partial charge in [0.25, 0.3) is 0 Å². The molecule has 2 nitrogen and oxygen atoms in total. The lowest BCUT2D eigenvalue weighted by molar-refractivity contribution is 0.185. The fourth-order valence-corrected chi connectivity index (χ4v) is 3.89. The second-order valence-electron chi connectivity index (χ2n) is 6.79. The van der Waals surface area contributed by atoms with E-state index in [4.69, 9.17) is 11.6 Å². The molecule has 1 heterocycles. The van der Waals surface area contributed by atoms with Crippen LogP contribution in [0.25, 0.3) is 0 Å². The van der Waals surface area contributed by atoms with Crippen molar-refractivity contribution in [1.82, 2.24) is 4.90 Å². The van der Waals surface area contributed by atoms with E-state index in [2.05, 4.69) is 74.1 Å². The van der Waals surface area contributed by atoms with E-state index in [0.29, 0.717) is 0 Å². The van der Waals surface area contributed by atoms with Gasteiger partial charge in [-0.05, 0) is 64.7 Å². The van der Waals surface area contributed by atoms with Gasteiger partial charge in [-0.25, -0.2) is 0 Å². The van der Waals surface area contributed by atoms with Gasteiger partial charge in [0.2, 0.25) is 0 Å². The SMILES string of the molecule is CN(C)C(C)(C)CCN1c2ccccc2Sc2ccc(Cl)cc21. The van der Waals surface area contributed by atoms with Gasteiger partial charge in [0.05, 0.1) is 11.4 Å². The first-order valence-corrected chi connectivity index (χ1v) is 9.09. The van der Waals surface area contributed by atoms with Crippen molar-refractivity contribution in [3.05, 3.63) is 47.5 Å². The van der Waals surface area contributed by atoms with Gasteiger partial charge < -0.3 is 9.80 Å². The lowest BCUT2D eigenvalue weighted by Crippen LogP contribution is -2.41. The van der Waals surface area contributed by atoms with Crippen LogP contribution >= 0.6 is 23.4 Å². The number of hydrogen-bond donors (Lipinski definition) is 0. The van der Waals surface area contributed by atoms with Crippen LogP contribution in [-0.2, 0) is 0 Å². The molecule has 0 aliphatic carbocycles. The zero-order valence-electron chi connectivity index (χ0n) is 14.1. The molecule has 0 amide bonds. The Balaban J connectivity index is 1.97. The van der Waals surface area contributed by atoms with Crippen molar-refractivity contribution in [2.45, 2.75) is 35.6 Å². The summed E-state index contributed by atoms with van der Waals surface area (Å²) >= 11 is 8.09. The molecular weight excluding hydrogens is 324 g/mol. The first-order valence-electron chi connectivity index (χ1n) is 7.90. The molecule has 0 spiro atoms. The summed E-state index contributed by atoms with van der Waals surface area (Å²) in [4.78, 5) is 7.29. The fraction of sp³-hybridized carbons (Fsp3) is 0.368. The molecule has 122 valence electrons. The third kappa shape index (κ3) is 3.37. The van der Waals surface area contributed by atoms with E-state index in [1.54, 1.807) is 0 Å². The summed E-state index contributed by atoms with van der Waals surface area (Å²) in [6.45, 7) is 5.54. The van der Waals surface area contributed by atoms with Gasteiger partial charge in [0, 0.05) is 26.9 Å². The van der Waals surface area contributed by atoms with Crippen LogP contribution in [0.3, 0.4) is 0 Å². The van der Waals surface area contributed by atoms with E-state index in [1.165, 1.54) is 21.2 Å². The maximum absolute atomic E-state index is 6.27. The fourth-order valence-electron chi connectivity index (χ4n) is 2.65. The molecule has 23 heavy (non-hydrogen) atoms. The normalized spacial score (nSPS) is 13.9. The molecule has 0 saturated carbocycles. The van der Waals surface area contributed by atoms with Crippen molar-refractivity contribution in [1.29, 1.82) is 0 Å². The topological polar surface area (TPSA) is 6.48 Å². The highest BCUT2D eigenvalue weighted by Crippen LogP contribution is 2.48. The average molecular weight is 347 g/mol. The molecule has 0 aromatic heterocycles. The summed E-state index contributed by atoms with van der Waals surface area (Å²) in [6.07, 6.45) is 1.07. The second-order valence-corrected chi connectivity index (χ2v) is 8.31. The largest absolute Gasteiger partial charge is 0.340 e. The number of anilines is 2. The zero-order valence-corrected chi connectivity index (χ0v) is 15.7. The first kappa shape index (κ1) is 16.7. The summed E-state index contributed by atoms with van der Waals surface area (Å²) in [5.41, 5.74) is 2.65. The minimum absolute atomic E-state index is 0.151. The van der Waals surface area contributed by atoms with E-state index in [9.17, 15) is 0 Å². The summed E-state index contributed by atoms with van der Waals surface area (Å²) in [5, 5.41) is 0.792. The van der Waals surface area contributed by atoms with Gasteiger partial charge in [-0.1, -0.05) is 35.5 Å². The van der Waals surface area contributed by atoms with Gasteiger partial charge in [0.15, 0.2) is 0 Å². The standard InChI is InChI=1S/C19H23ClN2S/c1-19(2,21(3)4)11-12-22-15-7-5-6-8-17(15)23-18-10-9-14(20)13-16(18)22/h5-10,13H,11-12H2,1-4H3.